The first-order chi connectivity index (χ1) is 10.4. The van der Waals surface area contributed by atoms with Crippen LogP contribution in [0.2, 0.25) is 0 Å². The Labute approximate surface area is 133 Å². The fraction of sp³-hybridized carbons (Fsp3) is 0.750. The lowest BCUT2D eigenvalue weighted by molar-refractivity contribution is 0.136. The van der Waals surface area contributed by atoms with Crippen molar-refractivity contribution in [3.8, 4) is 0 Å². The molecule has 2 aliphatic rings. The number of furan rings is 1. The highest BCUT2D eigenvalue weighted by Crippen LogP contribution is 2.40. The van der Waals surface area contributed by atoms with Gasteiger partial charge in [-0.2, -0.15) is 0 Å². The Morgan fingerprint density at radius 1 is 1.27 bits per heavy atom. The van der Waals surface area contributed by atoms with Crippen LogP contribution in [0.4, 0.5) is 0 Å². The summed E-state index contributed by atoms with van der Waals surface area (Å²) in [6.45, 7) is 2.99. The van der Waals surface area contributed by atoms with Crippen molar-refractivity contribution in [1.29, 1.82) is 0 Å². The molecule has 0 aromatic carbocycles. The Bertz CT molecular complexity index is 623. The van der Waals surface area contributed by atoms with Crippen molar-refractivity contribution >= 4 is 10.0 Å². The normalized spacial score (nSPS) is 29.9. The van der Waals surface area contributed by atoms with Crippen LogP contribution in [0, 0.1) is 5.92 Å². The molecule has 0 radical (unpaired) electrons. The molecule has 2 fully saturated rings. The number of nitrogens with zero attached hydrogens (tertiary/aromatic N) is 2. The summed E-state index contributed by atoms with van der Waals surface area (Å²) in [5.74, 6) is 1.56. The third kappa shape index (κ3) is 2.84. The van der Waals surface area contributed by atoms with E-state index in [4.69, 9.17) is 4.42 Å². The number of rotatable bonds is 4. The van der Waals surface area contributed by atoms with Crippen LogP contribution in [0.25, 0.3) is 0 Å². The zero-order chi connectivity index (χ0) is 15.9. The van der Waals surface area contributed by atoms with Crippen LogP contribution in [0.3, 0.4) is 0 Å². The van der Waals surface area contributed by atoms with Gasteiger partial charge in [0.1, 0.15) is 5.76 Å². The number of hydrogen-bond donors (Lipinski definition) is 0. The first-order valence-corrected chi connectivity index (χ1v) is 9.60. The van der Waals surface area contributed by atoms with Crippen molar-refractivity contribution in [2.75, 3.05) is 14.1 Å². The molecule has 3 atom stereocenters. The van der Waals surface area contributed by atoms with Gasteiger partial charge in [-0.1, -0.05) is 12.8 Å². The summed E-state index contributed by atoms with van der Waals surface area (Å²) in [6, 6.07) is 4.57. The van der Waals surface area contributed by atoms with Crippen LogP contribution < -0.4 is 0 Å². The van der Waals surface area contributed by atoms with Gasteiger partial charge in [0.25, 0.3) is 10.0 Å². The van der Waals surface area contributed by atoms with Gasteiger partial charge in [0.15, 0.2) is 0 Å². The van der Waals surface area contributed by atoms with Gasteiger partial charge in [-0.3, -0.25) is 4.90 Å². The molecule has 0 unspecified atom stereocenters. The monoisotopic (exact) mass is 326 g/mol. The lowest BCUT2D eigenvalue weighted by atomic mass is 9.85. The highest BCUT2D eigenvalue weighted by Gasteiger charge is 2.40. The largest absolute Gasteiger partial charge is 0.447 e. The maximum absolute atomic E-state index is 12.1. The van der Waals surface area contributed by atoms with E-state index in [9.17, 15) is 8.42 Å². The number of sulfonamides is 1. The van der Waals surface area contributed by atoms with Gasteiger partial charge in [0.2, 0.25) is 5.09 Å². The highest BCUT2D eigenvalue weighted by atomic mass is 32.2. The lowest BCUT2D eigenvalue weighted by Gasteiger charge is -2.32. The molecule has 1 saturated carbocycles. The van der Waals surface area contributed by atoms with Gasteiger partial charge < -0.3 is 4.42 Å². The van der Waals surface area contributed by atoms with E-state index in [2.05, 4.69) is 11.8 Å². The highest BCUT2D eigenvalue weighted by molar-refractivity contribution is 7.88. The molecule has 1 aliphatic heterocycles. The number of fused-ring (bicyclic) bond motifs is 1. The topological polar surface area (TPSA) is 53.8 Å². The molecule has 0 bridgehead atoms. The lowest BCUT2D eigenvalue weighted by Crippen LogP contribution is -2.37. The molecule has 22 heavy (non-hydrogen) atoms. The molecule has 3 rings (SSSR count). The van der Waals surface area contributed by atoms with Gasteiger partial charge in [-0.25, -0.2) is 12.7 Å². The van der Waals surface area contributed by atoms with Crippen LogP contribution in [0.5, 0.6) is 0 Å². The summed E-state index contributed by atoms with van der Waals surface area (Å²) < 4.78 is 31.0. The molecule has 1 aromatic rings. The van der Waals surface area contributed by atoms with E-state index in [1.165, 1.54) is 50.5 Å². The van der Waals surface area contributed by atoms with E-state index in [0.29, 0.717) is 18.6 Å². The summed E-state index contributed by atoms with van der Waals surface area (Å²) in [5, 5.41) is 0.0412. The predicted molar refractivity (Wildman–Crippen MR) is 84.9 cm³/mol. The molecule has 0 spiro atoms. The fourth-order valence-electron chi connectivity index (χ4n) is 4.01. The minimum atomic E-state index is -3.48. The van der Waals surface area contributed by atoms with E-state index in [-0.39, 0.29) is 5.09 Å². The molecule has 6 heteroatoms. The van der Waals surface area contributed by atoms with Crippen LogP contribution in [-0.4, -0.2) is 43.8 Å². The first-order valence-electron chi connectivity index (χ1n) is 8.16. The second-order valence-electron chi connectivity index (χ2n) is 6.88. The zero-order valence-electron chi connectivity index (χ0n) is 13.7. The van der Waals surface area contributed by atoms with E-state index < -0.39 is 10.0 Å². The maximum Gasteiger partial charge on any atom is 0.275 e. The van der Waals surface area contributed by atoms with E-state index >= 15 is 0 Å². The van der Waals surface area contributed by atoms with E-state index in [1.54, 1.807) is 12.1 Å². The average Bonchev–Trinajstić information content (AvgIpc) is 3.05. The Hall–Kier alpha value is -0.850. The maximum atomic E-state index is 12.1. The molecule has 1 aliphatic carbocycles. The molecule has 1 aromatic heterocycles. The van der Waals surface area contributed by atoms with Gasteiger partial charge in [0, 0.05) is 26.2 Å². The van der Waals surface area contributed by atoms with Crippen LogP contribution in [0.1, 0.15) is 44.8 Å². The molecule has 0 N–H and O–H groups in total. The van der Waals surface area contributed by atoms with Crippen molar-refractivity contribution < 1.29 is 12.8 Å². The predicted octanol–water partition coefficient (Wildman–Crippen LogP) is 2.68. The SMILES string of the molecule is C[C@@H]1C[C@@H]2CCCC[C@@H]2N1Cc1ccc(S(=O)(=O)N(C)C)o1. The summed E-state index contributed by atoms with van der Waals surface area (Å²) in [6.07, 6.45) is 6.52. The molecule has 124 valence electrons. The standard InChI is InChI=1S/C16H26N2O3S/c1-12-10-13-6-4-5-7-15(13)18(12)11-14-8-9-16(21-14)22(19,20)17(2)3/h8-9,12-13,15H,4-7,10-11H2,1-3H3/t12-,13+,15+/m1/s1. The molecule has 5 nitrogen and oxygen atoms in total. The van der Waals surface area contributed by atoms with Crippen LogP contribution in [0.15, 0.2) is 21.6 Å². The van der Waals surface area contributed by atoms with Crippen LogP contribution in [-0.2, 0) is 16.6 Å². The fourth-order valence-corrected chi connectivity index (χ4v) is 4.83. The third-order valence-electron chi connectivity index (χ3n) is 5.22. The van der Waals surface area contributed by atoms with Crippen molar-refractivity contribution in [2.45, 2.75) is 62.7 Å². The van der Waals surface area contributed by atoms with E-state index in [1.807, 2.05) is 0 Å². The quantitative estimate of drug-likeness (QED) is 0.853. The Morgan fingerprint density at radius 2 is 2.00 bits per heavy atom. The summed E-state index contributed by atoms with van der Waals surface area (Å²) in [7, 11) is -0.437. The van der Waals surface area contributed by atoms with Gasteiger partial charge in [0.05, 0.1) is 6.54 Å². The first kappa shape index (κ1) is 16.0. The molecule has 1 saturated heterocycles. The summed E-state index contributed by atoms with van der Waals surface area (Å²) in [4.78, 5) is 2.51. The summed E-state index contributed by atoms with van der Waals surface area (Å²) >= 11 is 0. The van der Waals surface area contributed by atoms with Crippen molar-refractivity contribution in [1.82, 2.24) is 9.21 Å². The van der Waals surface area contributed by atoms with Gasteiger partial charge in [-0.05, 0) is 44.2 Å². The minimum Gasteiger partial charge on any atom is -0.447 e. The number of hydrogen-bond acceptors (Lipinski definition) is 4. The Morgan fingerprint density at radius 3 is 2.73 bits per heavy atom. The Balaban J connectivity index is 1.75. The van der Waals surface area contributed by atoms with E-state index in [0.717, 1.165) is 11.7 Å². The Kier molecular flexibility index (Phi) is 4.36. The average molecular weight is 326 g/mol. The second-order valence-corrected chi connectivity index (χ2v) is 8.96. The molecule has 2 heterocycles. The van der Waals surface area contributed by atoms with Crippen LogP contribution >= 0.6 is 0 Å². The number of likely N-dealkylation sites (tertiary alicyclic amines) is 1. The van der Waals surface area contributed by atoms with Crippen molar-refractivity contribution in [3.05, 3.63) is 17.9 Å². The van der Waals surface area contributed by atoms with Crippen molar-refractivity contribution in [2.24, 2.45) is 5.92 Å². The van der Waals surface area contributed by atoms with Crippen molar-refractivity contribution in [3.63, 3.8) is 0 Å². The van der Waals surface area contributed by atoms with Gasteiger partial charge in [-0.15, -0.1) is 0 Å². The summed E-state index contributed by atoms with van der Waals surface area (Å²) in [5.41, 5.74) is 0. The third-order valence-corrected chi connectivity index (χ3v) is 6.90. The van der Waals surface area contributed by atoms with Gasteiger partial charge >= 0.3 is 0 Å². The second kappa shape index (κ2) is 5.98. The smallest absolute Gasteiger partial charge is 0.275 e. The molecular formula is C16H26N2O3S. The molecule has 0 amide bonds. The molecular weight excluding hydrogens is 300 g/mol. The minimum absolute atomic E-state index is 0.0412. The zero-order valence-corrected chi connectivity index (χ0v) is 14.5.